The van der Waals surface area contributed by atoms with Gasteiger partial charge in [0.25, 0.3) is 11.6 Å². The number of nitro groups is 1. The van der Waals surface area contributed by atoms with Crippen molar-refractivity contribution in [1.82, 2.24) is 4.90 Å². The number of likely N-dealkylation sites (tertiary alicyclic amines) is 1. The minimum Gasteiger partial charge on any atom is -0.339 e. The second-order valence-corrected chi connectivity index (χ2v) is 4.90. The first-order valence-electron chi connectivity index (χ1n) is 6.22. The van der Waals surface area contributed by atoms with Crippen LogP contribution in [0.2, 0.25) is 0 Å². The van der Waals surface area contributed by atoms with E-state index in [4.69, 9.17) is 0 Å². The van der Waals surface area contributed by atoms with Gasteiger partial charge < -0.3 is 4.90 Å². The summed E-state index contributed by atoms with van der Waals surface area (Å²) in [6, 6.07) is 3.04. The average Bonchev–Trinajstić information content (AvgIpc) is 2.39. The third kappa shape index (κ3) is 2.89. The van der Waals surface area contributed by atoms with Crippen molar-refractivity contribution >= 4 is 11.6 Å². The Balaban J connectivity index is 2.23. The molecule has 1 fully saturated rings. The Morgan fingerprint density at radius 3 is 2.63 bits per heavy atom. The highest BCUT2D eigenvalue weighted by molar-refractivity contribution is 5.95. The lowest BCUT2D eigenvalue weighted by atomic mass is 9.98. The van der Waals surface area contributed by atoms with Gasteiger partial charge in [0.05, 0.1) is 10.5 Å². The maximum atomic E-state index is 13.6. The van der Waals surface area contributed by atoms with E-state index in [1.807, 2.05) is 0 Å². The first-order chi connectivity index (χ1) is 8.99. The third-order valence-corrected chi connectivity index (χ3v) is 3.46. The monoisotopic (exact) mass is 266 g/mol. The molecule has 0 saturated carbocycles. The molecule has 5 nitrogen and oxygen atoms in total. The van der Waals surface area contributed by atoms with E-state index < -0.39 is 16.6 Å². The lowest BCUT2D eigenvalue weighted by Crippen LogP contribution is -2.38. The summed E-state index contributed by atoms with van der Waals surface area (Å²) in [5.74, 6) is -0.624. The number of carbonyl (C=O) groups is 1. The molecule has 0 radical (unpaired) electrons. The number of benzene rings is 1. The van der Waals surface area contributed by atoms with Crippen LogP contribution in [-0.4, -0.2) is 28.8 Å². The van der Waals surface area contributed by atoms with Crippen molar-refractivity contribution < 1.29 is 14.1 Å². The molecule has 2 rings (SSSR count). The van der Waals surface area contributed by atoms with Crippen molar-refractivity contribution in [2.45, 2.75) is 19.8 Å². The highest BCUT2D eigenvalue weighted by atomic mass is 19.1. The predicted molar refractivity (Wildman–Crippen MR) is 67.4 cm³/mol. The van der Waals surface area contributed by atoms with Crippen molar-refractivity contribution in [2.24, 2.45) is 5.92 Å². The Morgan fingerprint density at radius 2 is 2.05 bits per heavy atom. The fourth-order valence-corrected chi connectivity index (χ4v) is 2.17. The molecule has 0 unspecified atom stereocenters. The van der Waals surface area contributed by atoms with Gasteiger partial charge in [-0.1, -0.05) is 6.92 Å². The van der Waals surface area contributed by atoms with Crippen LogP contribution in [0.5, 0.6) is 0 Å². The molecule has 0 atom stereocenters. The molecule has 6 heteroatoms. The van der Waals surface area contributed by atoms with E-state index in [9.17, 15) is 19.3 Å². The van der Waals surface area contributed by atoms with Gasteiger partial charge >= 0.3 is 0 Å². The molecule has 1 aromatic rings. The largest absolute Gasteiger partial charge is 0.339 e. The lowest BCUT2D eigenvalue weighted by Gasteiger charge is -2.30. The van der Waals surface area contributed by atoms with Crippen molar-refractivity contribution in [3.05, 3.63) is 39.7 Å². The Morgan fingerprint density at radius 1 is 1.42 bits per heavy atom. The zero-order valence-corrected chi connectivity index (χ0v) is 10.6. The SMILES string of the molecule is CC1CCN(C(=O)c2cc([N+](=O)[O-])ccc2F)CC1. The number of non-ortho nitro benzene ring substituents is 1. The van der Waals surface area contributed by atoms with E-state index in [0.717, 1.165) is 31.0 Å². The molecule has 0 N–H and O–H groups in total. The van der Waals surface area contributed by atoms with Crippen LogP contribution < -0.4 is 0 Å². The first kappa shape index (κ1) is 13.5. The predicted octanol–water partition coefficient (Wildman–Crippen LogP) is 2.61. The number of hydrogen-bond donors (Lipinski definition) is 0. The summed E-state index contributed by atoms with van der Waals surface area (Å²) in [6.07, 6.45) is 1.75. The topological polar surface area (TPSA) is 63.5 Å². The van der Waals surface area contributed by atoms with Crippen LogP contribution in [0.15, 0.2) is 18.2 Å². The highest BCUT2D eigenvalue weighted by Gasteiger charge is 2.25. The summed E-state index contributed by atoms with van der Waals surface area (Å²) in [7, 11) is 0. The summed E-state index contributed by atoms with van der Waals surface area (Å²) in [6.45, 7) is 3.25. The molecule has 0 aromatic heterocycles. The Bertz CT molecular complexity index is 511. The maximum absolute atomic E-state index is 13.6. The van der Waals surface area contributed by atoms with E-state index in [-0.39, 0.29) is 11.3 Å². The molecule has 0 aliphatic carbocycles. The summed E-state index contributed by atoms with van der Waals surface area (Å²) in [4.78, 5) is 23.8. The van der Waals surface area contributed by atoms with E-state index >= 15 is 0 Å². The van der Waals surface area contributed by atoms with Crippen LogP contribution in [0.25, 0.3) is 0 Å². The van der Waals surface area contributed by atoms with E-state index in [1.165, 1.54) is 0 Å². The molecule has 1 heterocycles. The second kappa shape index (κ2) is 5.34. The fraction of sp³-hybridized carbons (Fsp3) is 0.462. The number of nitro benzene ring substituents is 1. The van der Waals surface area contributed by atoms with Crippen LogP contribution in [0, 0.1) is 21.8 Å². The van der Waals surface area contributed by atoms with Crippen LogP contribution in [-0.2, 0) is 0 Å². The van der Waals surface area contributed by atoms with Gasteiger partial charge in [-0.05, 0) is 24.8 Å². The Kier molecular flexibility index (Phi) is 3.78. The molecule has 19 heavy (non-hydrogen) atoms. The summed E-state index contributed by atoms with van der Waals surface area (Å²) in [5.41, 5.74) is -0.487. The molecule has 0 bridgehead atoms. The number of hydrogen-bond acceptors (Lipinski definition) is 3. The fourth-order valence-electron chi connectivity index (χ4n) is 2.17. The van der Waals surface area contributed by atoms with Crippen LogP contribution >= 0.6 is 0 Å². The van der Waals surface area contributed by atoms with Crippen molar-refractivity contribution in [3.8, 4) is 0 Å². The number of piperidine rings is 1. The quantitative estimate of drug-likeness (QED) is 0.610. The molecule has 1 saturated heterocycles. The number of halogens is 1. The molecular weight excluding hydrogens is 251 g/mol. The van der Waals surface area contributed by atoms with Crippen molar-refractivity contribution in [2.75, 3.05) is 13.1 Å². The molecular formula is C13H15FN2O3. The molecule has 1 aliphatic heterocycles. The smallest absolute Gasteiger partial charge is 0.270 e. The van der Waals surface area contributed by atoms with Crippen molar-refractivity contribution in [1.29, 1.82) is 0 Å². The molecule has 1 aromatic carbocycles. The average molecular weight is 266 g/mol. The van der Waals surface area contributed by atoms with Crippen LogP contribution in [0.4, 0.5) is 10.1 Å². The molecule has 0 spiro atoms. The second-order valence-electron chi connectivity index (χ2n) is 4.90. The Labute approximate surface area is 110 Å². The minimum absolute atomic E-state index is 0.219. The van der Waals surface area contributed by atoms with Gasteiger partial charge in [0.15, 0.2) is 0 Å². The normalized spacial score (nSPS) is 16.4. The lowest BCUT2D eigenvalue weighted by molar-refractivity contribution is -0.384. The van der Waals surface area contributed by atoms with Gasteiger partial charge in [0.2, 0.25) is 0 Å². The summed E-state index contributed by atoms with van der Waals surface area (Å²) in [5, 5.41) is 10.7. The number of nitrogens with zero attached hydrogens (tertiary/aromatic N) is 2. The van der Waals surface area contributed by atoms with Crippen LogP contribution in [0.3, 0.4) is 0 Å². The minimum atomic E-state index is -0.714. The van der Waals surface area contributed by atoms with E-state index in [0.29, 0.717) is 19.0 Å². The van der Waals surface area contributed by atoms with Crippen molar-refractivity contribution in [3.63, 3.8) is 0 Å². The zero-order chi connectivity index (χ0) is 14.0. The third-order valence-electron chi connectivity index (χ3n) is 3.46. The zero-order valence-electron chi connectivity index (χ0n) is 10.6. The number of amides is 1. The number of rotatable bonds is 2. The van der Waals surface area contributed by atoms with Gasteiger partial charge in [-0.15, -0.1) is 0 Å². The van der Waals surface area contributed by atoms with Gasteiger partial charge in [0.1, 0.15) is 5.82 Å². The molecule has 1 aliphatic rings. The first-order valence-corrected chi connectivity index (χ1v) is 6.22. The van der Waals surface area contributed by atoms with E-state index in [1.54, 1.807) is 4.90 Å². The summed E-state index contributed by atoms with van der Waals surface area (Å²) >= 11 is 0. The standard InChI is InChI=1S/C13H15FN2O3/c1-9-4-6-15(7-5-9)13(17)11-8-10(16(18)19)2-3-12(11)14/h2-3,8-9H,4-7H2,1H3. The molecule has 102 valence electrons. The summed E-state index contributed by atoms with van der Waals surface area (Å²) < 4.78 is 13.6. The van der Waals surface area contributed by atoms with Gasteiger partial charge in [-0.25, -0.2) is 4.39 Å². The van der Waals surface area contributed by atoms with Crippen LogP contribution in [0.1, 0.15) is 30.1 Å². The molecule has 1 amide bonds. The Hall–Kier alpha value is -1.98. The van der Waals surface area contributed by atoms with E-state index in [2.05, 4.69) is 6.92 Å². The van der Waals surface area contributed by atoms with Gasteiger partial charge in [-0.3, -0.25) is 14.9 Å². The van der Waals surface area contributed by atoms with Gasteiger partial charge in [0, 0.05) is 25.2 Å². The van der Waals surface area contributed by atoms with Gasteiger partial charge in [-0.2, -0.15) is 0 Å². The number of carbonyl (C=O) groups excluding carboxylic acids is 1. The maximum Gasteiger partial charge on any atom is 0.270 e. The highest BCUT2D eigenvalue weighted by Crippen LogP contribution is 2.22.